The number of pyridine rings is 1. The number of piperidine rings is 1. The fourth-order valence-corrected chi connectivity index (χ4v) is 6.18. The predicted octanol–water partition coefficient (Wildman–Crippen LogP) is 4.04. The molecule has 0 spiro atoms. The SMILES string of the molecule is Cc1cc(C)c(C(=O)N2CCN(C3=NCC(C)(F)C=C3)[C@H](CO)C2)c(C)c1NC1CCN(c2ccc(F)cn2)CC1. The highest BCUT2D eigenvalue weighted by atomic mass is 19.1. The molecule has 2 aromatic rings. The van der Waals surface area contributed by atoms with Gasteiger partial charge in [-0.1, -0.05) is 6.07 Å². The molecule has 1 unspecified atom stereocenters. The number of hydrogen-bond donors (Lipinski definition) is 2. The van der Waals surface area contributed by atoms with Gasteiger partial charge in [-0.25, -0.2) is 13.8 Å². The second-order valence-corrected chi connectivity index (χ2v) is 11.7. The number of dihydropyridines is 1. The molecule has 5 rings (SSSR count). The van der Waals surface area contributed by atoms with Gasteiger partial charge in [-0.3, -0.25) is 9.79 Å². The lowest BCUT2D eigenvalue weighted by atomic mass is 9.94. The first-order chi connectivity index (χ1) is 19.6. The molecule has 2 fully saturated rings. The van der Waals surface area contributed by atoms with E-state index in [1.807, 2.05) is 23.6 Å². The van der Waals surface area contributed by atoms with Crippen LogP contribution in [0.25, 0.3) is 0 Å². The molecule has 8 nitrogen and oxygen atoms in total. The first-order valence-corrected chi connectivity index (χ1v) is 14.4. The number of nitrogens with one attached hydrogen (secondary N) is 1. The number of piperazine rings is 1. The number of aliphatic hydroxyl groups is 1. The number of alkyl halides is 1. The van der Waals surface area contributed by atoms with Gasteiger partial charge in [0.05, 0.1) is 25.4 Å². The summed E-state index contributed by atoms with van der Waals surface area (Å²) in [4.78, 5) is 28.5. The minimum atomic E-state index is -1.46. The number of halogens is 2. The molecule has 0 radical (unpaired) electrons. The van der Waals surface area contributed by atoms with Crippen LogP contribution in [0.15, 0.2) is 41.5 Å². The summed E-state index contributed by atoms with van der Waals surface area (Å²) < 4.78 is 27.5. The number of aromatic nitrogens is 1. The Morgan fingerprint density at radius 3 is 2.54 bits per heavy atom. The third kappa shape index (κ3) is 6.22. The monoisotopic (exact) mass is 566 g/mol. The van der Waals surface area contributed by atoms with Crippen molar-refractivity contribution in [2.45, 2.75) is 58.3 Å². The summed E-state index contributed by atoms with van der Waals surface area (Å²) in [6.07, 6.45) is 6.24. The van der Waals surface area contributed by atoms with E-state index in [0.717, 1.165) is 54.1 Å². The van der Waals surface area contributed by atoms with Crippen molar-refractivity contribution in [3.05, 3.63) is 64.6 Å². The van der Waals surface area contributed by atoms with Crippen LogP contribution >= 0.6 is 0 Å². The number of aryl methyl sites for hydroxylation is 2. The third-order valence-corrected chi connectivity index (χ3v) is 8.47. The number of aliphatic hydroxyl groups excluding tert-OH is 1. The fourth-order valence-electron chi connectivity index (χ4n) is 6.18. The predicted molar refractivity (Wildman–Crippen MR) is 158 cm³/mol. The number of benzene rings is 1. The zero-order valence-corrected chi connectivity index (χ0v) is 24.3. The molecule has 2 N–H and O–H groups in total. The second kappa shape index (κ2) is 11.8. The molecule has 0 saturated carbocycles. The van der Waals surface area contributed by atoms with Crippen molar-refractivity contribution < 1.29 is 18.7 Å². The standard InChI is InChI=1S/C31H40F2N6O2/c1-20-15-21(2)29(36-24-8-11-37(12-9-24)26-6-5-23(32)16-34-26)22(3)28(20)30(41)38-13-14-39(25(17-38)18-40)27-7-10-31(4,33)19-35-27/h5-7,10,15-16,24-25,36,40H,8-9,11-14,17-19H2,1-4H3/t25-,31?/m0/s1. The fraction of sp³-hybridized carbons (Fsp3) is 0.516. The smallest absolute Gasteiger partial charge is 0.254 e. The van der Waals surface area contributed by atoms with E-state index in [1.165, 1.54) is 25.3 Å². The molecular weight excluding hydrogens is 526 g/mol. The number of nitrogens with zero attached hydrogens (tertiary/aromatic N) is 5. The van der Waals surface area contributed by atoms with E-state index in [-0.39, 0.29) is 37.0 Å². The zero-order valence-electron chi connectivity index (χ0n) is 24.3. The molecule has 3 aliphatic rings. The number of carbonyl (C=O) groups is 1. The van der Waals surface area contributed by atoms with E-state index in [0.29, 0.717) is 31.0 Å². The summed E-state index contributed by atoms with van der Waals surface area (Å²) in [5.41, 5.74) is 3.18. The summed E-state index contributed by atoms with van der Waals surface area (Å²) in [6, 6.07) is 5.15. The van der Waals surface area contributed by atoms with Crippen LogP contribution in [-0.2, 0) is 0 Å². The minimum Gasteiger partial charge on any atom is -0.394 e. The van der Waals surface area contributed by atoms with Gasteiger partial charge >= 0.3 is 0 Å². The lowest BCUT2D eigenvalue weighted by molar-refractivity contribution is 0.0527. The van der Waals surface area contributed by atoms with Crippen molar-refractivity contribution in [1.29, 1.82) is 0 Å². The van der Waals surface area contributed by atoms with Crippen molar-refractivity contribution in [2.24, 2.45) is 4.99 Å². The van der Waals surface area contributed by atoms with Crippen molar-refractivity contribution in [1.82, 2.24) is 14.8 Å². The Hall–Kier alpha value is -3.53. The molecular formula is C31H40F2N6O2. The van der Waals surface area contributed by atoms with Crippen LogP contribution in [0.2, 0.25) is 0 Å². The Balaban J connectivity index is 1.27. The molecule has 1 amide bonds. The number of carbonyl (C=O) groups excluding carboxylic acids is 1. The lowest BCUT2D eigenvalue weighted by Gasteiger charge is -2.43. The highest BCUT2D eigenvalue weighted by Crippen LogP contribution is 2.31. The molecule has 4 heterocycles. The van der Waals surface area contributed by atoms with Crippen LogP contribution in [0.4, 0.5) is 20.3 Å². The number of amides is 1. The quantitative estimate of drug-likeness (QED) is 0.569. The van der Waals surface area contributed by atoms with Gasteiger partial charge in [0, 0.05) is 50.0 Å². The van der Waals surface area contributed by atoms with E-state index in [1.54, 1.807) is 12.1 Å². The topological polar surface area (TPSA) is 84.3 Å². The average Bonchev–Trinajstić information content (AvgIpc) is 2.95. The van der Waals surface area contributed by atoms with E-state index >= 15 is 0 Å². The van der Waals surface area contributed by atoms with Gasteiger partial charge in [-0.15, -0.1) is 0 Å². The van der Waals surface area contributed by atoms with Gasteiger partial charge in [0.1, 0.15) is 23.1 Å². The van der Waals surface area contributed by atoms with Crippen LogP contribution < -0.4 is 10.2 Å². The molecule has 2 saturated heterocycles. The van der Waals surface area contributed by atoms with Gasteiger partial charge in [0.25, 0.3) is 5.91 Å². The largest absolute Gasteiger partial charge is 0.394 e. The summed E-state index contributed by atoms with van der Waals surface area (Å²) in [6.45, 7) is 10.4. The van der Waals surface area contributed by atoms with Crippen LogP contribution in [0.5, 0.6) is 0 Å². The molecule has 0 bridgehead atoms. The van der Waals surface area contributed by atoms with Crippen LogP contribution in [0.1, 0.15) is 46.8 Å². The Morgan fingerprint density at radius 2 is 1.90 bits per heavy atom. The molecule has 220 valence electrons. The molecule has 1 aromatic heterocycles. The maximum absolute atomic E-state index is 14.2. The zero-order chi connectivity index (χ0) is 29.3. The average molecular weight is 567 g/mol. The number of rotatable bonds is 5. The molecule has 1 aromatic carbocycles. The number of hydrogen-bond acceptors (Lipinski definition) is 7. The Morgan fingerprint density at radius 1 is 1.15 bits per heavy atom. The maximum Gasteiger partial charge on any atom is 0.254 e. The Kier molecular flexibility index (Phi) is 8.31. The van der Waals surface area contributed by atoms with Crippen LogP contribution in [0.3, 0.4) is 0 Å². The third-order valence-electron chi connectivity index (χ3n) is 8.47. The van der Waals surface area contributed by atoms with E-state index in [9.17, 15) is 18.7 Å². The van der Waals surface area contributed by atoms with Gasteiger partial charge in [0.2, 0.25) is 0 Å². The Bertz CT molecular complexity index is 1340. The number of anilines is 2. The van der Waals surface area contributed by atoms with E-state index in [4.69, 9.17) is 0 Å². The molecule has 2 atom stereocenters. The van der Waals surface area contributed by atoms with Gasteiger partial charge in [-0.2, -0.15) is 0 Å². The van der Waals surface area contributed by atoms with E-state index in [2.05, 4.69) is 33.2 Å². The molecule has 10 heteroatoms. The van der Waals surface area contributed by atoms with Crippen LogP contribution in [-0.4, -0.2) is 95.3 Å². The Labute approximate surface area is 240 Å². The summed E-state index contributed by atoms with van der Waals surface area (Å²) >= 11 is 0. The number of aliphatic imine (C=N–C) groups is 1. The summed E-state index contributed by atoms with van der Waals surface area (Å²) in [5.74, 6) is 1.06. The second-order valence-electron chi connectivity index (χ2n) is 11.7. The molecule has 0 aliphatic carbocycles. The van der Waals surface area contributed by atoms with Crippen molar-refractivity contribution in [3.8, 4) is 0 Å². The van der Waals surface area contributed by atoms with Gasteiger partial charge in [0.15, 0.2) is 0 Å². The maximum atomic E-state index is 14.2. The van der Waals surface area contributed by atoms with Gasteiger partial charge < -0.3 is 25.1 Å². The number of amidine groups is 1. The van der Waals surface area contributed by atoms with Crippen molar-refractivity contribution in [2.75, 3.05) is 56.1 Å². The summed E-state index contributed by atoms with van der Waals surface area (Å²) in [7, 11) is 0. The normalized spacial score (nSPS) is 23.5. The lowest BCUT2D eigenvalue weighted by Crippen LogP contribution is -2.58. The molecule has 3 aliphatic heterocycles. The summed E-state index contributed by atoms with van der Waals surface area (Å²) in [5, 5.41) is 13.9. The minimum absolute atomic E-state index is 0.0455. The van der Waals surface area contributed by atoms with Crippen LogP contribution in [0, 0.1) is 26.6 Å². The molecule has 41 heavy (non-hydrogen) atoms. The van der Waals surface area contributed by atoms with Gasteiger partial charge in [-0.05, 0) is 81.5 Å². The highest BCUT2D eigenvalue weighted by molar-refractivity contribution is 5.99. The van der Waals surface area contributed by atoms with Crippen molar-refractivity contribution >= 4 is 23.2 Å². The first-order valence-electron chi connectivity index (χ1n) is 14.4. The highest BCUT2D eigenvalue weighted by Gasteiger charge is 2.34. The van der Waals surface area contributed by atoms with Crippen molar-refractivity contribution in [3.63, 3.8) is 0 Å². The first kappa shape index (κ1) is 29.0. The van der Waals surface area contributed by atoms with E-state index < -0.39 is 5.67 Å².